The minimum Gasteiger partial charge on any atom is -0.508 e. The average molecular weight is 436 g/mol. The van der Waals surface area contributed by atoms with Gasteiger partial charge in [0.2, 0.25) is 17.7 Å². The maximum absolute atomic E-state index is 12.8. The highest BCUT2D eigenvalue weighted by Gasteiger charge is 2.36. The van der Waals surface area contributed by atoms with Crippen LogP contribution in [0.2, 0.25) is 0 Å². The Kier molecular flexibility index (Phi) is 8.34. The number of aromatic hydroxyl groups is 1. The number of nitrogens with zero attached hydrogens (tertiary/aromatic N) is 1. The molecule has 1 fully saturated rings. The van der Waals surface area contributed by atoms with E-state index in [0.717, 1.165) is 5.56 Å². The first-order valence-corrected chi connectivity index (χ1v) is 9.92. The minimum absolute atomic E-state index is 0.104. The highest BCUT2D eigenvalue weighted by molar-refractivity contribution is 5.93. The molecule has 1 aromatic carbocycles. The Hall–Kier alpha value is -3.18. The van der Waals surface area contributed by atoms with Gasteiger partial charge in [0.05, 0.1) is 18.7 Å². The van der Waals surface area contributed by atoms with Crippen molar-refractivity contribution in [1.29, 1.82) is 0 Å². The number of hydrogen-bond donors (Lipinski definition) is 6. The lowest BCUT2D eigenvalue weighted by Crippen LogP contribution is -2.54. The summed E-state index contributed by atoms with van der Waals surface area (Å²) >= 11 is 0. The van der Waals surface area contributed by atoms with E-state index >= 15 is 0 Å². The van der Waals surface area contributed by atoms with Gasteiger partial charge in [-0.15, -0.1) is 0 Å². The summed E-state index contributed by atoms with van der Waals surface area (Å²) in [5.41, 5.74) is 6.80. The number of phenolic OH excluding ortho intramolecular Hbond substituents is 1. The molecule has 0 aliphatic carbocycles. The number of aliphatic hydroxyl groups excluding tert-OH is 1. The molecule has 0 aromatic heterocycles. The summed E-state index contributed by atoms with van der Waals surface area (Å²) in [5.74, 6) is -3.00. The molecule has 0 saturated carbocycles. The minimum atomic E-state index is -1.49. The monoisotopic (exact) mass is 436 g/mol. The molecule has 1 aliphatic rings. The van der Waals surface area contributed by atoms with Crippen LogP contribution in [0.5, 0.6) is 5.75 Å². The van der Waals surface area contributed by atoms with Gasteiger partial charge >= 0.3 is 5.97 Å². The number of benzene rings is 1. The van der Waals surface area contributed by atoms with Crippen LogP contribution in [-0.2, 0) is 25.6 Å². The largest absolute Gasteiger partial charge is 0.508 e. The van der Waals surface area contributed by atoms with Crippen LogP contribution in [0.4, 0.5) is 0 Å². The molecule has 11 nitrogen and oxygen atoms in total. The predicted octanol–water partition coefficient (Wildman–Crippen LogP) is -1.68. The van der Waals surface area contributed by atoms with Gasteiger partial charge in [0, 0.05) is 6.54 Å². The summed E-state index contributed by atoms with van der Waals surface area (Å²) in [6.45, 7) is 1.09. The van der Waals surface area contributed by atoms with Gasteiger partial charge < -0.3 is 36.6 Å². The van der Waals surface area contributed by atoms with Crippen LogP contribution in [0.15, 0.2) is 24.3 Å². The molecule has 1 aromatic rings. The number of carboxylic acids is 1. The highest BCUT2D eigenvalue weighted by atomic mass is 16.4. The van der Waals surface area contributed by atoms with E-state index in [2.05, 4.69) is 10.6 Å². The molecule has 170 valence electrons. The summed E-state index contributed by atoms with van der Waals surface area (Å²) in [7, 11) is 0. The average Bonchev–Trinajstić information content (AvgIpc) is 3.20. The molecule has 1 heterocycles. The van der Waals surface area contributed by atoms with Crippen molar-refractivity contribution < 1.29 is 34.5 Å². The SMILES string of the molecule is C[C@@H](O)[C@H](NC(=O)CNC(=O)[C@@H]1CCCN1C(=O)[C@@H](N)Cc1ccc(O)cc1)C(=O)O. The summed E-state index contributed by atoms with van der Waals surface area (Å²) in [6.07, 6.45) is -0.0562. The zero-order valence-corrected chi connectivity index (χ0v) is 17.2. The second kappa shape index (κ2) is 10.7. The molecule has 0 bridgehead atoms. The third kappa shape index (κ3) is 6.66. The van der Waals surface area contributed by atoms with Gasteiger partial charge in [0.25, 0.3) is 0 Å². The Morgan fingerprint density at radius 1 is 1.23 bits per heavy atom. The standard InChI is InChI=1S/C20H28N4O7/c1-11(25)17(20(30)31)23-16(27)10-22-18(28)15-3-2-8-24(15)19(29)14(21)9-12-4-6-13(26)7-5-12/h4-7,11,14-15,17,25-26H,2-3,8-10,21H2,1H3,(H,22,28)(H,23,27)(H,30,31)/t11-,14+,15+,17+/m1/s1. The smallest absolute Gasteiger partial charge is 0.328 e. The number of rotatable bonds is 9. The van der Waals surface area contributed by atoms with Crippen LogP contribution in [0, 0.1) is 0 Å². The molecular formula is C20H28N4O7. The zero-order chi connectivity index (χ0) is 23.1. The number of nitrogens with two attached hydrogens (primary N) is 1. The maximum Gasteiger partial charge on any atom is 0.328 e. The van der Waals surface area contributed by atoms with E-state index in [-0.39, 0.29) is 12.2 Å². The molecule has 4 atom stereocenters. The number of phenols is 1. The van der Waals surface area contributed by atoms with E-state index in [1.807, 2.05) is 0 Å². The molecule has 1 saturated heterocycles. The summed E-state index contributed by atoms with van der Waals surface area (Å²) in [6, 6.07) is 3.17. The number of aliphatic hydroxyl groups is 1. The topological polar surface area (TPSA) is 182 Å². The fourth-order valence-corrected chi connectivity index (χ4v) is 3.39. The van der Waals surface area contributed by atoms with E-state index < -0.39 is 54.5 Å². The first-order valence-electron chi connectivity index (χ1n) is 9.92. The number of carbonyl (C=O) groups is 4. The predicted molar refractivity (Wildman–Crippen MR) is 109 cm³/mol. The Morgan fingerprint density at radius 2 is 1.87 bits per heavy atom. The van der Waals surface area contributed by atoms with Crippen LogP contribution in [0.25, 0.3) is 0 Å². The van der Waals surface area contributed by atoms with Crippen LogP contribution in [0.3, 0.4) is 0 Å². The molecule has 3 amide bonds. The van der Waals surface area contributed by atoms with Gasteiger partial charge in [-0.1, -0.05) is 12.1 Å². The van der Waals surface area contributed by atoms with E-state index in [9.17, 15) is 29.4 Å². The Morgan fingerprint density at radius 3 is 2.45 bits per heavy atom. The van der Waals surface area contributed by atoms with Gasteiger partial charge in [-0.3, -0.25) is 14.4 Å². The van der Waals surface area contributed by atoms with Crippen molar-refractivity contribution >= 4 is 23.7 Å². The normalized spacial score (nSPS) is 18.7. The lowest BCUT2D eigenvalue weighted by molar-refractivity contribution is -0.144. The van der Waals surface area contributed by atoms with Gasteiger partial charge in [-0.05, 0) is 43.9 Å². The van der Waals surface area contributed by atoms with Crippen molar-refractivity contribution in [3.05, 3.63) is 29.8 Å². The van der Waals surface area contributed by atoms with E-state index in [0.29, 0.717) is 19.4 Å². The molecular weight excluding hydrogens is 408 g/mol. The number of aliphatic carboxylic acids is 1. The molecule has 1 aliphatic heterocycles. The van der Waals surface area contributed by atoms with Gasteiger partial charge in [-0.2, -0.15) is 0 Å². The number of amides is 3. The molecule has 31 heavy (non-hydrogen) atoms. The molecule has 0 spiro atoms. The van der Waals surface area contributed by atoms with Crippen LogP contribution in [0.1, 0.15) is 25.3 Å². The number of nitrogens with one attached hydrogen (secondary N) is 2. The van der Waals surface area contributed by atoms with Gasteiger partial charge in [-0.25, -0.2) is 4.79 Å². The number of hydrogen-bond acceptors (Lipinski definition) is 7. The summed E-state index contributed by atoms with van der Waals surface area (Å²) in [4.78, 5) is 49.6. The fourth-order valence-electron chi connectivity index (χ4n) is 3.39. The zero-order valence-electron chi connectivity index (χ0n) is 17.2. The van der Waals surface area contributed by atoms with Gasteiger partial charge in [0.15, 0.2) is 6.04 Å². The van der Waals surface area contributed by atoms with Crippen molar-refractivity contribution in [3.8, 4) is 5.75 Å². The van der Waals surface area contributed by atoms with Crippen LogP contribution in [-0.4, -0.2) is 81.2 Å². The van der Waals surface area contributed by atoms with E-state index in [4.69, 9.17) is 10.8 Å². The second-order valence-corrected chi connectivity index (χ2v) is 7.51. The quantitative estimate of drug-likeness (QED) is 0.265. The van der Waals surface area contributed by atoms with Crippen LogP contribution < -0.4 is 16.4 Å². The third-order valence-electron chi connectivity index (χ3n) is 5.04. The van der Waals surface area contributed by atoms with Crippen molar-refractivity contribution in [2.75, 3.05) is 13.1 Å². The third-order valence-corrected chi connectivity index (χ3v) is 5.04. The number of carbonyl (C=O) groups excluding carboxylic acids is 3. The fraction of sp³-hybridized carbons (Fsp3) is 0.500. The maximum atomic E-state index is 12.8. The summed E-state index contributed by atoms with van der Waals surface area (Å²) in [5, 5.41) is 32.2. The van der Waals surface area contributed by atoms with E-state index in [1.165, 1.54) is 24.0 Å². The Balaban J connectivity index is 1.90. The highest BCUT2D eigenvalue weighted by Crippen LogP contribution is 2.19. The van der Waals surface area contributed by atoms with Crippen molar-refractivity contribution in [2.45, 2.75) is 50.4 Å². The number of carboxylic acid groups (broad SMARTS) is 1. The molecule has 2 rings (SSSR count). The Bertz CT molecular complexity index is 812. The molecule has 11 heteroatoms. The van der Waals surface area contributed by atoms with Crippen LogP contribution >= 0.6 is 0 Å². The van der Waals surface area contributed by atoms with E-state index in [1.54, 1.807) is 12.1 Å². The second-order valence-electron chi connectivity index (χ2n) is 7.51. The number of likely N-dealkylation sites (tertiary alicyclic amines) is 1. The first-order chi connectivity index (χ1) is 14.6. The lowest BCUT2D eigenvalue weighted by atomic mass is 10.0. The Labute approximate surface area is 179 Å². The van der Waals surface area contributed by atoms with Crippen molar-refractivity contribution in [3.63, 3.8) is 0 Å². The lowest BCUT2D eigenvalue weighted by Gasteiger charge is -2.27. The molecule has 0 radical (unpaired) electrons. The molecule has 7 N–H and O–H groups in total. The van der Waals surface area contributed by atoms with Gasteiger partial charge in [0.1, 0.15) is 11.8 Å². The van der Waals surface area contributed by atoms with Crippen molar-refractivity contribution in [2.24, 2.45) is 5.73 Å². The van der Waals surface area contributed by atoms with Crippen molar-refractivity contribution in [1.82, 2.24) is 15.5 Å². The first kappa shape index (κ1) is 24.1. The summed E-state index contributed by atoms with van der Waals surface area (Å²) < 4.78 is 0. The molecule has 0 unspecified atom stereocenters.